The summed E-state index contributed by atoms with van der Waals surface area (Å²) in [7, 11) is 0. The third kappa shape index (κ3) is 2.85. The molecular weight excluding hydrogens is 240 g/mol. The molecule has 1 N–H and O–H groups in total. The summed E-state index contributed by atoms with van der Waals surface area (Å²) in [5.41, 5.74) is 3.32. The molecule has 0 fully saturated rings. The summed E-state index contributed by atoms with van der Waals surface area (Å²) in [6.45, 7) is 4.21. The zero-order valence-electron chi connectivity index (χ0n) is 10.9. The van der Waals surface area contributed by atoms with Crippen molar-refractivity contribution in [2.75, 3.05) is 0 Å². The summed E-state index contributed by atoms with van der Waals surface area (Å²) >= 11 is 5.35. The first-order valence-corrected chi connectivity index (χ1v) is 6.78. The molecule has 0 aliphatic carbocycles. The van der Waals surface area contributed by atoms with Gasteiger partial charge in [0.2, 0.25) is 0 Å². The third-order valence-corrected chi connectivity index (χ3v) is 3.43. The fourth-order valence-electron chi connectivity index (χ4n) is 1.94. The van der Waals surface area contributed by atoms with Crippen molar-refractivity contribution >= 4 is 12.2 Å². The zero-order chi connectivity index (χ0) is 13.0. The number of aromatic amines is 1. The average Bonchev–Trinajstić information content (AvgIpc) is 2.41. The molecule has 0 saturated carbocycles. The van der Waals surface area contributed by atoms with Crippen molar-refractivity contribution in [3.63, 3.8) is 0 Å². The molecule has 0 saturated heterocycles. The second kappa shape index (κ2) is 5.91. The largest absolute Gasteiger partial charge is 0.343 e. The van der Waals surface area contributed by atoms with E-state index >= 15 is 0 Å². The molecule has 0 aliphatic heterocycles. The Morgan fingerprint density at radius 3 is 2.61 bits per heavy atom. The van der Waals surface area contributed by atoms with Gasteiger partial charge in [0.05, 0.1) is 5.69 Å². The number of rotatable bonds is 4. The Morgan fingerprint density at radius 1 is 1.22 bits per heavy atom. The second-order valence-corrected chi connectivity index (χ2v) is 4.84. The smallest absolute Gasteiger partial charge is 0.133 e. The number of hydrogen-bond acceptors (Lipinski definition) is 2. The maximum absolute atomic E-state index is 5.35. The van der Waals surface area contributed by atoms with Crippen molar-refractivity contribution in [1.29, 1.82) is 0 Å². The molecule has 3 heteroatoms. The molecule has 0 radical (unpaired) electrons. The molecule has 1 aromatic heterocycles. The van der Waals surface area contributed by atoms with Crippen LogP contribution in [0.25, 0.3) is 11.3 Å². The molecule has 0 aliphatic rings. The minimum Gasteiger partial charge on any atom is -0.343 e. The van der Waals surface area contributed by atoms with E-state index in [2.05, 4.69) is 29.0 Å². The van der Waals surface area contributed by atoms with Gasteiger partial charge in [-0.3, -0.25) is 0 Å². The minimum atomic E-state index is 0.707. The van der Waals surface area contributed by atoms with Gasteiger partial charge >= 0.3 is 0 Å². The number of aromatic nitrogens is 2. The van der Waals surface area contributed by atoms with Gasteiger partial charge in [-0.2, -0.15) is 0 Å². The highest BCUT2D eigenvalue weighted by molar-refractivity contribution is 7.71. The first-order valence-electron chi connectivity index (χ1n) is 6.37. The molecule has 0 atom stereocenters. The maximum atomic E-state index is 5.35. The predicted octanol–water partition coefficient (Wildman–Crippen LogP) is 4.46. The van der Waals surface area contributed by atoms with Crippen LogP contribution in [0.15, 0.2) is 30.3 Å². The summed E-state index contributed by atoms with van der Waals surface area (Å²) in [5, 5.41) is 0. The molecule has 0 spiro atoms. The van der Waals surface area contributed by atoms with Gasteiger partial charge in [0, 0.05) is 12.0 Å². The van der Waals surface area contributed by atoms with Crippen molar-refractivity contribution in [1.82, 2.24) is 9.97 Å². The van der Waals surface area contributed by atoms with Crippen LogP contribution in [-0.4, -0.2) is 9.97 Å². The number of nitrogens with one attached hydrogen (secondary N) is 1. The average molecular weight is 258 g/mol. The van der Waals surface area contributed by atoms with Gasteiger partial charge in [0.25, 0.3) is 0 Å². The summed E-state index contributed by atoms with van der Waals surface area (Å²) in [6.07, 6.45) is 3.26. The molecule has 2 aromatic rings. The van der Waals surface area contributed by atoms with Gasteiger partial charge in [-0.1, -0.05) is 55.9 Å². The van der Waals surface area contributed by atoms with E-state index in [-0.39, 0.29) is 0 Å². The van der Waals surface area contributed by atoms with E-state index in [4.69, 9.17) is 12.2 Å². The van der Waals surface area contributed by atoms with Gasteiger partial charge in [-0.05, 0) is 18.9 Å². The van der Waals surface area contributed by atoms with E-state index in [9.17, 15) is 0 Å². The zero-order valence-corrected chi connectivity index (χ0v) is 11.7. The maximum Gasteiger partial charge on any atom is 0.133 e. The van der Waals surface area contributed by atoms with Crippen LogP contribution in [0.1, 0.15) is 31.2 Å². The number of H-pyrrole nitrogens is 1. The molecule has 18 heavy (non-hydrogen) atoms. The van der Waals surface area contributed by atoms with Gasteiger partial charge in [0.1, 0.15) is 10.5 Å². The number of nitrogens with zero attached hydrogens (tertiary/aromatic N) is 1. The molecular formula is C15H18N2S. The monoisotopic (exact) mass is 258 g/mol. The first kappa shape index (κ1) is 13.0. The highest BCUT2D eigenvalue weighted by atomic mass is 32.1. The Hall–Kier alpha value is -1.48. The molecule has 1 heterocycles. The van der Waals surface area contributed by atoms with Crippen LogP contribution in [0, 0.1) is 11.6 Å². The summed E-state index contributed by atoms with van der Waals surface area (Å²) in [5.74, 6) is 0.992. The van der Waals surface area contributed by atoms with Crippen molar-refractivity contribution in [2.45, 2.75) is 33.1 Å². The summed E-state index contributed by atoms with van der Waals surface area (Å²) in [6, 6.07) is 10.3. The van der Waals surface area contributed by atoms with E-state index in [0.29, 0.717) is 4.64 Å². The van der Waals surface area contributed by atoms with Crippen LogP contribution in [0.2, 0.25) is 0 Å². The van der Waals surface area contributed by atoms with Gasteiger partial charge < -0.3 is 4.98 Å². The van der Waals surface area contributed by atoms with Crippen LogP contribution < -0.4 is 0 Å². The van der Waals surface area contributed by atoms with Crippen molar-refractivity contribution in [3.05, 3.63) is 46.4 Å². The van der Waals surface area contributed by atoms with E-state index in [1.54, 1.807) is 0 Å². The lowest BCUT2D eigenvalue weighted by Crippen LogP contribution is -2.00. The van der Waals surface area contributed by atoms with Gasteiger partial charge in [-0.25, -0.2) is 4.98 Å². The first-order chi connectivity index (χ1) is 8.72. The Morgan fingerprint density at radius 2 is 1.94 bits per heavy atom. The molecule has 2 nitrogen and oxygen atoms in total. The number of aryl methyl sites for hydroxylation is 1. The Kier molecular flexibility index (Phi) is 4.26. The van der Waals surface area contributed by atoms with Crippen LogP contribution in [0.3, 0.4) is 0 Å². The van der Waals surface area contributed by atoms with Crippen LogP contribution in [0.5, 0.6) is 0 Å². The SMILES string of the molecule is CCCCc1nc(=S)c(C)c(-c2ccccc2)[nH]1. The van der Waals surface area contributed by atoms with Gasteiger partial charge in [0.15, 0.2) is 0 Å². The standard InChI is InChI=1S/C15H18N2S/c1-3-4-10-13-16-14(11(2)15(18)17-13)12-8-6-5-7-9-12/h5-9H,3-4,10H2,1-2H3,(H,16,17,18). The molecule has 2 rings (SSSR count). The molecule has 0 amide bonds. The van der Waals surface area contributed by atoms with Crippen molar-refractivity contribution < 1.29 is 0 Å². The fourth-order valence-corrected chi connectivity index (χ4v) is 2.15. The fraction of sp³-hybridized carbons (Fsp3) is 0.333. The molecule has 1 aromatic carbocycles. The van der Waals surface area contributed by atoms with E-state index in [1.165, 1.54) is 5.56 Å². The van der Waals surface area contributed by atoms with Crippen LogP contribution >= 0.6 is 12.2 Å². The van der Waals surface area contributed by atoms with Gasteiger partial charge in [-0.15, -0.1) is 0 Å². The second-order valence-electron chi connectivity index (χ2n) is 4.46. The normalized spacial score (nSPS) is 10.6. The minimum absolute atomic E-state index is 0.707. The van der Waals surface area contributed by atoms with Crippen LogP contribution in [0.4, 0.5) is 0 Å². The molecule has 0 unspecified atom stereocenters. The summed E-state index contributed by atoms with van der Waals surface area (Å²) in [4.78, 5) is 7.88. The van der Waals surface area contributed by atoms with E-state index in [1.807, 2.05) is 25.1 Å². The molecule has 0 bridgehead atoms. The Bertz CT molecular complexity index is 573. The Labute approximate surface area is 113 Å². The highest BCUT2D eigenvalue weighted by Gasteiger charge is 2.06. The van der Waals surface area contributed by atoms with E-state index < -0.39 is 0 Å². The lowest BCUT2D eigenvalue weighted by atomic mass is 10.1. The van der Waals surface area contributed by atoms with Crippen molar-refractivity contribution in [2.24, 2.45) is 0 Å². The number of unbranched alkanes of at least 4 members (excludes halogenated alkanes) is 1. The predicted molar refractivity (Wildman–Crippen MR) is 78.2 cm³/mol. The topological polar surface area (TPSA) is 28.7 Å². The number of hydrogen-bond donors (Lipinski definition) is 1. The summed E-state index contributed by atoms with van der Waals surface area (Å²) < 4.78 is 0.707. The quantitative estimate of drug-likeness (QED) is 0.820. The highest BCUT2D eigenvalue weighted by Crippen LogP contribution is 2.21. The lowest BCUT2D eigenvalue weighted by Gasteiger charge is -2.09. The number of benzene rings is 1. The molecule has 94 valence electrons. The Balaban J connectivity index is 2.46. The van der Waals surface area contributed by atoms with Crippen molar-refractivity contribution in [3.8, 4) is 11.3 Å². The van der Waals surface area contributed by atoms with Crippen LogP contribution in [-0.2, 0) is 6.42 Å². The van der Waals surface area contributed by atoms with E-state index in [0.717, 1.165) is 36.3 Å². The third-order valence-electron chi connectivity index (χ3n) is 3.03. The lowest BCUT2D eigenvalue weighted by molar-refractivity contribution is 0.750.